The normalized spacial score (nSPS) is 12.7. The number of rotatable bonds is 2. The van der Waals surface area contributed by atoms with Crippen LogP contribution < -0.4 is 13.8 Å². The molecule has 5 aromatic carbocycles. The summed E-state index contributed by atoms with van der Waals surface area (Å²) < 4.78 is 2.85. The summed E-state index contributed by atoms with van der Waals surface area (Å²) in [5, 5.41) is 2.54. The summed E-state index contributed by atoms with van der Waals surface area (Å²) in [5.74, 6) is 0. The van der Waals surface area contributed by atoms with Crippen LogP contribution in [0.25, 0.3) is 32.9 Å². The van der Waals surface area contributed by atoms with E-state index in [-0.39, 0.29) is 0 Å². The maximum absolute atomic E-state index is 3.64. The van der Waals surface area contributed by atoms with Crippen molar-refractivity contribution >= 4 is 62.7 Å². The standard InChI is InChI=1S/C30H20N2Se/c1-2-11-25-23(8-1)24-10-7-9-22(30(24)31-25)20-16-18-21(19-17-20)32-26-12-3-5-14-28(26)33-29-15-6-4-13-27(29)32/h1-19,31H. The van der Waals surface area contributed by atoms with Crippen molar-refractivity contribution in [3.05, 3.63) is 115 Å². The molecule has 1 aromatic heterocycles. The first-order valence-corrected chi connectivity index (χ1v) is 12.8. The van der Waals surface area contributed by atoms with Gasteiger partial charge in [-0.2, -0.15) is 0 Å². The van der Waals surface area contributed by atoms with E-state index in [4.69, 9.17) is 0 Å². The van der Waals surface area contributed by atoms with Crippen LogP contribution in [0.5, 0.6) is 0 Å². The van der Waals surface area contributed by atoms with Gasteiger partial charge in [0.25, 0.3) is 0 Å². The Balaban J connectivity index is 1.36. The van der Waals surface area contributed by atoms with Crippen LogP contribution >= 0.6 is 0 Å². The first-order chi connectivity index (χ1) is 16.4. The molecule has 0 atom stereocenters. The molecule has 0 fully saturated rings. The number of hydrogen-bond donors (Lipinski definition) is 1. The molecule has 0 aliphatic carbocycles. The summed E-state index contributed by atoms with van der Waals surface area (Å²) in [6.45, 7) is 0. The molecule has 3 heteroatoms. The number of nitrogens with zero attached hydrogens (tertiary/aromatic N) is 1. The fourth-order valence-corrected chi connectivity index (χ4v) is 7.11. The zero-order valence-corrected chi connectivity index (χ0v) is 19.5. The van der Waals surface area contributed by atoms with Crippen molar-refractivity contribution in [1.82, 2.24) is 4.98 Å². The number of H-pyrrole nitrogens is 1. The number of anilines is 3. The molecule has 0 radical (unpaired) electrons. The van der Waals surface area contributed by atoms with Crippen LogP contribution in [0.15, 0.2) is 115 Å². The van der Waals surface area contributed by atoms with Crippen LogP contribution in [-0.4, -0.2) is 19.9 Å². The van der Waals surface area contributed by atoms with Gasteiger partial charge < -0.3 is 0 Å². The molecule has 0 saturated carbocycles. The summed E-state index contributed by atoms with van der Waals surface area (Å²) in [6.07, 6.45) is 0. The topological polar surface area (TPSA) is 19.0 Å². The van der Waals surface area contributed by atoms with Gasteiger partial charge in [0.05, 0.1) is 0 Å². The monoisotopic (exact) mass is 488 g/mol. The third-order valence-corrected chi connectivity index (χ3v) is 8.78. The number of para-hydroxylation sites is 4. The van der Waals surface area contributed by atoms with E-state index < -0.39 is 0 Å². The Hall–Kier alpha value is -3.78. The summed E-state index contributed by atoms with van der Waals surface area (Å²) in [5.41, 5.74) is 8.61. The van der Waals surface area contributed by atoms with Gasteiger partial charge in [-0.25, -0.2) is 0 Å². The van der Waals surface area contributed by atoms with Gasteiger partial charge in [0.1, 0.15) is 0 Å². The molecule has 0 amide bonds. The molecule has 2 heterocycles. The van der Waals surface area contributed by atoms with E-state index >= 15 is 0 Å². The van der Waals surface area contributed by atoms with Gasteiger partial charge >= 0.3 is 187 Å². The van der Waals surface area contributed by atoms with Crippen molar-refractivity contribution in [3.63, 3.8) is 0 Å². The van der Waals surface area contributed by atoms with Crippen molar-refractivity contribution in [2.24, 2.45) is 0 Å². The zero-order chi connectivity index (χ0) is 21.8. The summed E-state index contributed by atoms with van der Waals surface area (Å²) in [6, 6.07) is 41.7. The molecular weight excluding hydrogens is 467 g/mol. The van der Waals surface area contributed by atoms with Crippen LogP contribution in [-0.2, 0) is 0 Å². The van der Waals surface area contributed by atoms with Gasteiger partial charge in [0, 0.05) is 0 Å². The Morgan fingerprint density at radius 1 is 0.545 bits per heavy atom. The van der Waals surface area contributed by atoms with Crippen LogP contribution in [0.4, 0.5) is 17.1 Å². The molecule has 0 spiro atoms. The van der Waals surface area contributed by atoms with E-state index in [0.717, 1.165) is 0 Å². The predicted octanol–water partition coefficient (Wildman–Crippen LogP) is 6.43. The minimum atomic E-state index is 0.328. The average molecular weight is 487 g/mol. The molecule has 33 heavy (non-hydrogen) atoms. The second kappa shape index (κ2) is 7.38. The Morgan fingerprint density at radius 2 is 1.18 bits per heavy atom. The first kappa shape index (κ1) is 18.8. The molecule has 1 N–H and O–H groups in total. The van der Waals surface area contributed by atoms with Crippen LogP contribution in [0.2, 0.25) is 0 Å². The molecular formula is C30H20N2Se. The van der Waals surface area contributed by atoms with Crippen molar-refractivity contribution in [3.8, 4) is 11.1 Å². The number of aromatic amines is 1. The summed E-state index contributed by atoms with van der Waals surface area (Å²) in [7, 11) is 0. The molecule has 0 unspecified atom stereocenters. The Bertz CT molecular complexity index is 1600. The van der Waals surface area contributed by atoms with Gasteiger partial charge in [0.2, 0.25) is 0 Å². The molecule has 7 rings (SSSR count). The number of hydrogen-bond acceptors (Lipinski definition) is 1. The molecule has 156 valence electrons. The van der Waals surface area contributed by atoms with Crippen molar-refractivity contribution < 1.29 is 0 Å². The quantitative estimate of drug-likeness (QED) is 0.279. The maximum atomic E-state index is 3.64. The third kappa shape index (κ3) is 2.94. The van der Waals surface area contributed by atoms with E-state index in [9.17, 15) is 0 Å². The van der Waals surface area contributed by atoms with Crippen LogP contribution in [0.1, 0.15) is 0 Å². The molecule has 2 nitrogen and oxygen atoms in total. The molecule has 0 saturated heterocycles. The second-order valence-corrected chi connectivity index (χ2v) is 10.6. The van der Waals surface area contributed by atoms with E-state index in [2.05, 4.69) is 125 Å². The van der Waals surface area contributed by atoms with E-state index in [1.54, 1.807) is 0 Å². The van der Waals surface area contributed by atoms with Gasteiger partial charge in [-0.05, 0) is 0 Å². The third-order valence-electron chi connectivity index (χ3n) is 6.41. The van der Waals surface area contributed by atoms with Crippen LogP contribution in [0, 0.1) is 0 Å². The van der Waals surface area contributed by atoms with E-state index in [0.29, 0.717) is 15.0 Å². The van der Waals surface area contributed by atoms with E-state index in [1.165, 1.54) is 58.9 Å². The fourth-order valence-electron chi connectivity index (χ4n) is 4.89. The average Bonchev–Trinajstić information content (AvgIpc) is 3.26. The van der Waals surface area contributed by atoms with Crippen molar-refractivity contribution in [2.75, 3.05) is 4.90 Å². The van der Waals surface area contributed by atoms with Gasteiger partial charge in [-0.15, -0.1) is 0 Å². The summed E-state index contributed by atoms with van der Waals surface area (Å²) in [4.78, 5) is 6.05. The molecule has 1 aliphatic heterocycles. The van der Waals surface area contributed by atoms with E-state index in [1.807, 2.05) is 0 Å². The van der Waals surface area contributed by atoms with Crippen molar-refractivity contribution in [2.45, 2.75) is 0 Å². The second-order valence-electron chi connectivity index (χ2n) is 8.32. The molecule has 1 aliphatic rings. The number of nitrogens with one attached hydrogen (secondary N) is 1. The Morgan fingerprint density at radius 3 is 1.94 bits per heavy atom. The Labute approximate surface area is 198 Å². The number of benzene rings is 5. The SMILES string of the molecule is c1ccc2c(c1)[Se]c1ccccc1N2c1ccc(-c2cccc3c2[nH]c2ccccc23)cc1. The molecule has 6 aromatic rings. The number of fused-ring (bicyclic) bond motifs is 5. The fraction of sp³-hybridized carbons (Fsp3) is 0. The van der Waals surface area contributed by atoms with Gasteiger partial charge in [0.15, 0.2) is 0 Å². The first-order valence-electron chi connectivity index (χ1n) is 11.1. The molecule has 0 bridgehead atoms. The number of aromatic nitrogens is 1. The Kier molecular flexibility index (Phi) is 4.20. The van der Waals surface area contributed by atoms with Gasteiger partial charge in [-0.1, -0.05) is 12.1 Å². The van der Waals surface area contributed by atoms with Crippen molar-refractivity contribution in [1.29, 1.82) is 0 Å². The predicted molar refractivity (Wildman–Crippen MR) is 141 cm³/mol. The zero-order valence-electron chi connectivity index (χ0n) is 17.8. The minimum absolute atomic E-state index is 0.328. The van der Waals surface area contributed by atoms with Crippen LogP contribution in [0.3, 0.4) is 0 Å². The van der Waals surface area contributed by atoms with Gasteiger partial charge in [-0.3, -0.25) is 0 Å². The summed E-state index contributed by atoms with van der Waals surface area (Å²) >= 11 is 0.328.